The van der Waals surface area contributed by atoms with Gasteiger partial charge in [0.05, 0.1) is 18.6 Å². The van der Waals surface area contributed by atoms with Crippen molar-refractivity contribution in [1.29, 1.82) is 0 Å². The summed E-state index contributed by atoms with van der Waals surface area (Å²) in [5, 5.41) is 6.19. The monoisotopic (exact) mass is 381 g/mol. The van der Waals surface area contributed by atoms with Crippen LogP contribution in [0.15, 0.2) is 4.99 Å². The lowest BCUT2D eigenvalue weighted by Gasteiger charge is -2.20. The number of likely N-dealkylation sites (N-methyl/N-ethyl adjacent to an activating group) is 1. The Morgan fingerprint density at radius 3 is 2.63 bits per heavy atom. The molecule has 2 heterocycles. The van der Waals surface area contributed by atoms with E-state index in [1.54, 1.807) is 0 Å². The second-order valence-electron chi connectivity index (χ2n) is 7.95. The topological polar surface area (TPSA) is 62.7 Å². The Morgan fingerprint density at radius 2 is 1.96 bits per heavy atom. The third kappa shape index (κ3) is 11.5. The van der Waals surface area contributed by atoms with Crippen LogP contribution in [0, 0.1) is 0 Å². The standard InChI is InChI=1S/C12H24O.C10H19N3O/c1-2-3-4-5-6-7-9-12-10-8-11-13-12;1-4-11-8(3)9-6-12-10(14)5-7(2)13-9/h12H,2-11H2,1H3;8-9,11H,4-6H2,1-3H3,(H,12,14). The van der Waals surface area contributed by atoms with Gasteiger partial charge in [0.15, 0.2) is 0 Å². The molecule has 158 valence electrons. The van der Waals surface area contributed by atoms with Gasteiger partial charge in [-0.3, -0.25) is 9.79 Å². The number of nitrogens with one attached hydrogen (secondary N) is 2. The lowest BCUT2D eigenvalue weighted by atomic mass is 10.1. The second kappa shape index (κ2) is 15.0. The predicted molar refractivity (Wildman–Crippen MR) is 115 cm³/mol. The van der Waals surface area contributed by atoms with Crippen LogP contribution in [0.3, 0.4) is 0 Å². The van der Waals surface area contributed by atoms with Gasteiger partial charge in [0.1, 0.15) is 0 Å². The molecule has 0 aromatic carbocycles. The fourth-order valence-electron chi connectivity index (χ4n) is 3.66. The van der Waals surface area contributed by atoms with Crippen molar-refractivity contribution in [3.63, 3.8) is 0 Å². The van der Waals surface area contributed by atoms with Gasteiger partial charge in [-0.05, 0) is 39.7 Å². The zero-order valence-corrected chi connectivity index (χ0v) is 18.2. The average molecular weight is 382 g/mol. The van der Waals surface area contributed by atoms with Gasteiger partial charge in [0.25, 0.3) is 0 Å². The first kappa shape index (κ1) is 24.1. The first-order chi connectivity index (χ1) is 13.1. The number of nitrogens with zero attached hydrogens (tertiary/aromatic N) is 1. The first-order valence-corrected chi connectivity index (χ1v) is 11.2. The van der Waals surface area contributed by atoms with Crippen LogP contribution in [-0.4, -0.2) is 49.5 Å². The van der Waals surface area contributed by atoms with Crippen molar-refractivity contribution in [2.75, 3.05) is 19.7 Å². The molecular weight excluding hydrogens is 338 g/mol. The second-order valence-corrected chi connectivity index (χ2v) is 7.95. The van der Waals surface area contributed by atoms with E-state index in [2.05, 4.69) is 36.4 Å². The van der Waals surface area contributed by atoms with Crippen molar-refractivity contribution in [3.05, 3.63) is 0 Å². The number of unbranched alkanes of at least 4 members (excludes halogenated alkanes) is 5. The quantitative estimate of drug-likeness (QED) is 0.556. The Balaban J connectivity index is 0.000000271. The van der Waals surface area contributed by atoms with Gasteiger partial charge in [0.2, 0.25) is 5.91 Å². The molecule has 2 aliphatic heterocycles. The van der Waals surface area contributed by atoms with Gasteiger partial charge in [-0.15, -0.1) is 0 Å². The maximum absolute atomic E-state index is 11.2. The molecule has 3 unspecified atom stereocenters. The molecule has 1 fully saturated rings. The minimum atomic E-state index is 0.0810. The molecule has 2 rings (SSSR count). The lowest BCUT2D eigenvalue weighted by molar-refractivity contribution is -0.119. The molecule has 0 saturated carbocycles. The highest BCUT2D eigenvalue weighted by molar-refractivity contribution is 6.00. The summed E-state index contributed by atoms with van der Waals surface area (Å²) in [6, 6.07) is 0.481. The summed E-state index contributed by atoms with van der Waals surface area (Å²) in [6.45, 7) is 10.9. The van der Waals surface area contributed by atoms with Crippen LogP contribution in [0.1, 0.15) is 91.9 Å². The van der Waals surface area contributed by atoms with Crippen LogP contribution >= 0.6 is 0 Å². The minimum Gasteiger partial charge on any atom is -0.378 e. The van der Waals surface area contributed by atoms with Crippen LogP contribution in [0.4, 0.5) is 0 Å². The van der Waals surface area contributed by atoms with E-state index in [0.717, 1.165) is 18.9 Å². The average Bonchev–Trinajstić information content (AvgIpc) is 3.09. The van der Waals surface area contributed by atoms with Crippen molar-refractivity contribution in [1.82, 2.24) is 10.6 Å². The summed E-state index contributed by atoms with van der Waals surface area (Å²) in [4.78, 5) is 15.7. The molecule has 2 aliphatic rings. The number of carbonyl (C=O) groups is 1. The zero-order valence-electron chi connectivity index (χ0n) is 18.2. The molecule has 0 bridgehead atoms. The van der Waals surface area contributed by atoms with Crippen LogP contribution in [0.25, 0.3) is 0 Å². The van der Waals surface area contributed by atoms with Crippen molar-refractivity contribution in [3.8, 4) is 0 Å². The Morgan fingerprint density at radius 1 is 1.22 bits per heavy atom. The fraction of sp³-hybridized carbons (Fsp3) is 0.909. The minimum absolute atomic E-state index is 0.0810. The van der Waals surface area contributed by atoms with E-state index >= 15 is 0 Å². The zero-order chi connectivity index (χ0) is 19.9. The molecule has 0 aromatic rings. The molecule has 0 radical (unpaired) electrons. The lowest BCUT2D eigenvalue weighted by Crippen LogP contribution is -2.42. The first-order valence-electron chi connectivity index (χ1n) is 11.2. The number of ether oxygens (including phenoxy) is 1. The Labute approximate surface area is 167 Å². The third-order valence-corrected chi connectivity index (χ3v) is 5.32. The molecule has 5 nitrogen and oxygen atoms in total. The number of carbonyl (C=O) groups excluding carboxylic acids is 1. The van der Waals surface area contributed by atoms with Crippen molar-refractivity contribution in [2.45, 2.75) is 110 Å². The normalized spacial score (nSPS) is 23.7. The summed E-state index contributed by atoms with van der Waals surface area (Å²) < 4.78 is 5.58. The number of hydrogen-bond acceptors (Lipinski definition) is 4. The maximum Gasteiger partial charge on any atom is 0.225 e. The summed E-state index contributed by atoms with van der Waals surface area (Å²) >= 11 is 0. The predicted octanol–water partition coefficient (Wildman–Crippen LogP) is 4.25. The van der Waals surface area contributed by atoms with Crippen LogP contribution in [-0.2, 0) is 9.53 Å². The molecule has 0 aliphatic carbocycles. The summed E-state index contributed by atoms with van der Waals surface area (Å²) in [5.41, 5.74) is 0.926. The van der Waals surface area contributed by atoms with E-state index in [-0.39, 0.29) is 11.9 Å². The summed E-state index contributed by atoms with van der Waals surface area (Å²) in [7, 11) is 0. The molecule has 1 amide bonds. The van der Waals surface area contributed by atoms with Gasteiger partial charge < -0.3 is 15.4 Å². The largest absolute Gasteiger partial charge is 0.378 e. The highest BCUT2D eigenvalue weighted by Crippen LogP contribution is 2.18. The molecular formula is C22H43N3O2. The maximum atomic E-state index is 11.2. The van der Waals surface area contributed by atoms with E-state index in [1.807, 2.05) is 6.92 Å². The molecule has 2 N–H and O–H groups in total. The fourth-order valence-corrected chi connectivity index (χ4v) is 3.66. The Bertz CT molecular complexity index is 420. The van der Waals surface area contributed by atoms with Crippen molar-refractivity contribution in [2.24, 2.45) is 4.99 Å². The van der Waals surface area contributed by atoms with Crippen LogP contribution in [0.2, 0.25) is 0 Å². The molecule has 0 aromatic heterocycles. The highest BCUT2D eigenvalue weighted by atomic mass is 16.5. The SMILES string of the molecule is CCCCCCCCC1CCCO1.CCNC(C)C1CNC(=O)CC(C)=N1. The van der Waals surface area contributed by atoms with Crippen molar-refractivity contribution < 1.29 is 9.53 Å². The molecule has 5 heteroatoms. The smallest absolute Gasteiger partial charge is 0.225 e. The van der Waals surface area contributed by atoms with Gasteiger partial charge in [-0.1, -0.05) is 52.4 Å². The van der Waals surface area contributed by atoms with Gasteiger partial charge in [0, 0.05) is 24.9 Å². The Kier molecular flexibility index (Phi) is 13.4. The van der Waals surface area contributed by atoms with E-state index in [4.69, 9.17) is 4.74 Å². The third-order valence-electron chi connectivity index (χ3n) is 5.32. The summed E-state index contributed by atoms with van der Waals surface area (Å²) in [6.07, 6.45) is 13.4. The molecule has 27 heavy (non-hydrogen) atoms. The van der Waals surface area contributed by atoms with Gasteiger partial charge in [-0.2, -0.15) is 0 Å². The molecule has 3 atom stereocenters. The van der Waals surface area contributed by atoms with Crippen LogP contribution in [0.5, 0.6) is 0 Å². The Hall–Kier alpha value is -0.940. The van der Waals surface area contributed by atoms with E-state index in [1.165, 1.54) is 57.8 Å². The molecule has 0 spiro atoms. The van der Waals surface area contributed by atoms with Crippen LogP contribution < -0.4 is 10.6 Å². The van der Waals surface area contributed by atoms with Gasteiger partial charge in [-0.25, -0.2) is 0 Å². The van der Waals surface area contributed by atoms with E-state index < -0.39 is 0 Å². The van der Waals surface area contributed by atoms with Crippen molar-refractivity contribution >= 4 is 11.6 Å². The number of amides is 1. The number of aliphatic imine (C=N–C) groups is 1. The molecule has 1 saturated heterocycles. The number of hydrogen-bond donors (Lipinski definition) is 2. The van der Waals surface area contributed by atoms with E-state index in [0.29, 0.717) is 25.1 Å². The van der Waals surface area contributed by atoms with E-state index in [9.17, 15) is 4.79 Å². The highest BCUT2D eigenvalue weighted by Gasteiger charge is 2.20. The number of rotatable bonds is 10. The summed E-state index contributed by atoms with van der Waals surface area (Å²) in [5.74, 6) is 0.0810. The van der Waals surface area contributed by atoms with Gasteiger partial charge >= 0.3 is 0 Å².